The van der Waals surface area contributed by atoms with E-state index in [1.807, 2.05) is 0 Å². The van der Waals surface area contributed by atoms with Crippen LogP contribution in [0.25, 0.3) is 0 Å². The number of nitrogens with zero attached hydrogens (tertiary/aromatic N) is 2. The molecule has 0 atom stereocenters. The molecule has 6 heteroatoms. The van der Waals surface area contributed by atoms with Crippen LogP contribution in [0, 0.1) is 11.9 Å². The molecule has 0 saturated heterocycles. The molecule has 1 aliphatic rings. The summed E-state index contributed by atoms with van der Waals surface area (Å²) in [6.07, 6.45) is 0.755. The lowest BCUT2D eigenvalue weighted by atomic mass is 10.1. The second-order valence-electron chi connectivity index (χ2n) is 4.56. The predicted octanol–water partition coefficient (Wildman–Crippen LogP) is 2.69. The van der Waals surface area contributed by atoms with Crippen molar-refractivity contribution in [3.05, 3.63) is 47.3 Å². The smallest absolute Gasteiger partial charge is 0.313 e. The molecule has 0 bridgehead atoms. The zero-order valence-corrected chi connectivity index (χ0v) is 10.7. The van der Waals surface area contributed by atoms with E-state index in [4.69, 9.17) is 4.74 Å². The predicted molar refractivity (Wildman–Crippen MR) is 69.5 cm³/mol. The van der Waals surface area contributed by atoms with Crippen molar-refractivity contribution >= 4 is 5.82 Å². The van der Waals surface area contributed by atoms with Crippen LogP contribution in [-0.2, 0) is 13.0 Å². The first-order valence-corrected chi connectivity index (χ1v) is 6.40. The summed E-state index contributed by atoms with van der Waals surface area (Å²) in [5, 5.41) is 3.02. The van der Waals surface area contributed by atoms with Crippen molar-refractivity contribution in [2.24, 2.45) is 0 Å². The van der Waals surface area contributed by atoms with Crippen LogP contribution in [0.1, 0.15) is 17.5 Å². The summed E-state index contributed by atoms with van der Waals surface area (Å²) in [4.78, 5) is 7.40. The first kappa shape index (κ1) is 12.8. The lowest BCUT2D eigenvalue weighted by molar-refractivity contribution is 0.269. The van der Waals surface area contributed by atoms with Gasteiger partial charge >= 0.3 is 6.08 Å². The molecule has 0 amide bonds. The molecule has 20 heavy (non-hydrogen) atoms. The van der Waals surface area contributed by atoms with Gasteiger partial charge in [0.2, 0.25) is 5.88 Å². The Labute approximate surface area is 114 Å². The van der Waals surface area contributed by atoms with Crippen LogP contribution in [0.15, 0.2) is 24.3 Å². The number of fused-ring (bicyclic) bond motifs is 1. The summed E-state index contributed by atoms with van der Waals surface area (Å²) in [6.45, 7) is 0.896. The Morgan fingerprint density at radius 1 is 1.25 bits per heavy atom. The molecule has 1 aromatic heterocycles. The first-order chi connectivity index (χ1) is 9.72. The van der Waals surface area contributed by atoms with E-state index >= 15 is 0 Å². The average molecular weight is 277 g/mol. The van der Waals surface area contributed by atoms with E-state index in [0.29, 0.717) is 24.8 Å². The van der Waals surface area contributed by atoms with E-state index in [9.17, 15) is 8.78 Å². The van der Waals surface area contributed by atoms with E-state index in [0.717, 1.165) is 24.0 Å². The van der Waals surface area contributed by atoms with Crippen LogP contribution < -0.4 is 10.1 Å². The summed E-state index contributed by atoms with van der Waals surface area (Å²) < 4.78 is 31.8. The number of halogens is 2. The Morgan fingerprint density at radius 3 is 3.00 bits per heavy atom. The van der Waals surface area contributed by atoms with Crippen LogP contribution in [0.3, 0.4) is 0 Å². The molecule has 104 valence electrons. The monoisotopic (exact) mass is 277 g/mol. The third kappa shape index (κ3) is 2.68. The third-order valence-corrected chi connectivity index (χ3v) is 3.10. The second-order valence-corrected chi connectivity index (χ2v) is 4.56. The van der Waals surface area contributed by atoms with Gasteiger partial charge in [-0.05, 0) is 30.5 Å². The number of benzene rings is 1. The Morgan fingerprint density at radius 2 is 2.15 bits per heavy atom. The molecule has 0 saturated carbocycles. The van der Waals surface area contributed by atoms with Crippen LogP contribution in [0.5, 0.6) is 5.88 Å². The molecule has 0 aliphatic carbocycles. The lowest BCUT2D eigenvalue weighted by Gasteiger charge is -2.19. The summed E-state index contributed by atoms with van der Waals surface area (Å²) >= 11 is 0. The quantitative estimate of drug-likeness (QED) is 0.876. The number of ether oxygens (including phenoxy) is 1. The number of anilines is 1. The Bertz CT molecular complexity index is 634. The molecule has 0 unspecified atom stereocenters. The van der Waals surface area contributed by atoms with Crippen molar-refractivity contribution < 1.29 is 13.5 Å². The first-order valence-electron chi connectivity index (χ1n) is 6.40. The lowest BCUT2D eigenvalue weighted by Crippen LogP contribution is -2.15. The summed E-state index contributed by atoms with van der Waals surface area (Å²) in [6, 6.07) is 6.22. The van der Waals surface area contributed by atoms with Gasteiger partial charge in [-0.1, -0.05) is 12.1 Å². The zero-order valence-electron chi connectivity index (χ0n) is 10.7. The van der Waals surface area contributed by atoms with Crippen LogP contribution >= 0.6 is 0 Å². The van der Waals surface area contributed by atoms with Gasteiger partial charge in [-0.3, -0.25) is 0 Å². The summed E-state index contributed by atoms with van der Waals surface area (Å²) in [7, 11) is 0. The maximum Gasteiger partial charge on any atom is 0.313 e. The van der Waals surface area contributed by atoms with Gasteiger partial charge < -0.3 is 10.1 Å². The highest BCUT2D eigenvalue weighted by Gasteiger charge is 2.19. The highest BCUT2D eigenvalue weighted by atomic mass is 19.1. The fourth-order valence-electron chi connectivity index (χ4n) is 2.18. The van der Waals surface area contributed by atoms with Gasteiger partial charge in [-0.25, -0.2) is 4.39 Å². The van der Waals surface area contributed by atoms with E-state index in [1.165, 1.54) is 12.1 Å². The van der Waals surface area contributed by atoms with Crippen molar-refractivity contribution in [3.8, 4) is 5.88 Å². The van der Waals surface area contributed by atoms with Crippen molar-refractivity contribution in [2.75, 3.05) is 11.9 Å². The molecule has 3 rings (SSSR count). The molecule has 2 aromatic rings. The molecule has 1 aliphatic heterocycles. The minimum Gasteiger partial charge on any atom is -0.477 e. The van der Waals surface area contributed by atoms with Crippen LogP contribution in [0.4, 0.5) is 14.6 Å². The van der Waals surface area contributed by atoms with Gasteiger partial charge in [0.25, 0.3) is 0 Å². The van der Waals surface area contributed by atoms with Gasteiger partial charge in [0.15, 0.2) is 0 Å². The highest BCUT2D eigenvalue weighted by Crippen LogP contribution is 2.28. The maximum atomic E-state index is 13.3. The maximum absolute atomic E-state index is 13.3. The summed E-state index contributed by atoms with van der Waals surface area (Å²) in [5.74, 6) is 0.408. The minimum absolute atomic E-state index is 0.297. The van der Waals surface area contributed by atoms with Crippen molar-refractivity contribution in [1.82, 2.24) is 9.97 Å². The van der Waals surface area contributed by atoms with Crippen LogP contribution in [0.2, 0.25) is 0 Å². The fraction of sp³-hybridized carbons (Fsp3) is 0.286. The third-order valence-electron chi connectivity index (χ3n) is 3.10. The molecule has 0 radical (unpaired) electrons. The van der Waals surface area contributed by atoms with E-state index in [-0.39, 0.29) is 5.82 Å². The second kappa shape index (κ2) is 5.40. The van der Waals surface area contributed by atoms with Gasteiger partial charge in [-0.2, -0.15) is 14.4 Å². The van der Waals surface area contributed by atoms with Gasteiger partial charge in [0.1, 0.15) is 11.6 Å². The topological polar surface area (TPSA) is 47.0 Å². The average Bonchev–Trinajstić information content (AvgIpc) is 2.44. The van der Waals surface area contributed by atoms with Crippen molar-refractivity contribution in [2.45, 2.75) is 19.4 Å². The number of aromatic nitrogens is 2. The van der Waals surface area contributed by atoms with Gasteiger partial charge in [0, 0.05) is 6.54 Å². The van der Waals surface area contributed by atoms with Crippen molar-refractivity contribution in [3.63, 3.8) is 0 Å². The van der Waals surface area contributed by atoms with E-state index in [1.54, 1.807) is 12.1 Å². The Kier molecular flexibility index (Phi) is 3.45. The van der Waals surface area contributed by atoms with Gasteiger partial charge in [-0.15, -0.1) is 0 Å². The van der Waals surface area contributed by atoms with Crippen LogP contribution in [-0.4, -0.2) is 16.6 Å². The Hall–Kier alpha value is -2.24. The molecule has 2 heterocycles. The molecule has 0 spiro atoms. The summed E-state index contributed by atoms with van der Waals surface area (Å²) in [5.41, 5.74) is 1.53. The zero-order chi connectivity index (χ0) is 13.9. The minimum atomic E-state index is -0.826. The standard InChI is InChI=1S/C14H13F2N3O/c15-10-4-1-3-9(7-10)8-17-12-11-5-2-6-20-13(11)19-14(16)18-12/h1,3-4,7H,2,5-6,8H2,(H,17,18,19). The highest BCUT2D eigenvalue weighted by molar-refractivity contribution is 5.50. The molecule has 1 aromatic carbocycles. The molecule has 0 fully saturated rings. The molecular weight excluding hydrogens is 264 g/mol. The molecular formula is C14H13F2N3O. The number of rotatable bonds is 3. The molecule has 4 nitrogen and oxygen atoms in total. The SMILES string of the molecule is Fc1cccc(CNc2nc(F)nc3c2CCCO3)c1. The molecule has 1 N–H and O–H groups in total. The number of hydrogen-bond acceptors (Lipinski definition) is 4. The number of nitrogens with one attached hydrogen (secondary N) is 1. The normalized spacial score (nSPS) is 13.5. The fourth-order valence-corrected chi connectivity index (χ4v) is 2.18. The van der Waals surface area contributed by atoms with E-state index < -0.39 is 6.08 Å². The van der Waals surface area contributed by atoms with Gasteiger partial charge in [0.05, 0.1) is 12.2 Å². The largest absolute Gasteiger partial charge is 0.477 e. The number of hydrogen-bond donors (Lipinski definition) is 1. The van der Waals surface area contributed by atoms with Crippen molar-refractivity contribution in [1.29, 1.82) is 0 Å². The van der Waals surface area contributed by atoms with E-state index in [2.05, 4.69) is 15.3 Å². The Balaban J connectivity index is 1.82.